The number of methoxy groups -OCH3 is 1. The van der Waals surface area contributed by atoms with Crippen molar-refractivity contribution < 1.29 is 4.74 Å². The Balaban J connectivity index is 3.02. The lowest BCUT2D eigenvalue weighted by molar-refractivity contribution is 0.226. The predicted molar refractivity (Wildman–Crippen MR) is 87.5 cm³/mol. The Hall–Kier alpha value is -1.02. The summed E-state index contributed by atoms with van der Waals surface area (Å²) in [7, 11) is 3.79. The van der Waals surface area contributed by atoms with Crippen LogP contribution in [0.25, 0.3) is 0 Å². The molecule has 2 unspecified atom stereocenters. The van der Waals surface area contributed by atoms with E-state index in [1.165, 1.54) is 16.7 Å². The van der Waals surface area contributed by atoms with E-state index in [1.807, 2.05) is 0 Å². The van der Waals surface area contributed by atoms with Crippen molar-refractivity contribution in [2.45, 2.75) is 54.0 Å². The van der Waals surface area contributed by atoms with Crippen LogP contribution in [0.15, 0.2) is 12.1 Å². The Morgan fingerprint density at radius 2 is 1.65 bits per heavy atom. The van der Waals surface area contributed by atoms with Crippen molar-refractivity contribution in [3.63, 3.8) is 0 Å². The first-order valence-electron chi connectivity index (χ1n) is 7.53. The highest BCUT2D eigenvalue weighted by molar-refractivity contribution is 5.44. The monoisotopic (exact) mass is 277 g/mol. The molecular formula is C18H31NO. The summed E-state index contributed by atoms with van der Waals surface area (Å²) in [5.74, 6) is 1.66. The quantitative estimate of drug-likeness (QED) is 0.846. The maximum absolute atomic E-state index is 5.46. The summed E-state index contributed by atoms with van der Waals surface area (Å²) in [5, 5.41) is 3.47. The van der Waals surface area contributed by atoms with Crippen LogP contribution in [0.4, 0.5) is 0 Å². The highest BCUT2D eigenvalue weighted by Crippen LogP contribution is 2.35. The molecule has 20 heavy (non-hydrogen) atoms. The topological polar surface area (TPSA) is 21.3 Å². The van der Waals surface area contributed by atoms with Crippen molar-refractivity contribution in [1.29, 1.82) is 0 Å². The number of nitrogens with one attached hydrogen (secondary N) is 1. The number of rotatable bonds is 5. The third-order valence-electron chi connectivity index (χ3n) is 4.51. The fourth-order valence-electron chi connectivity index (χ4n) is 2.63. The van der Waals surface area contributed by atoms with Gasteiger partial charge in [0.15, 0.2) is 0 Å². The molecule has 2 nitrogen and oxygen atoms in total. The van der Waals surface area contributed by atoms with E-state index in [-0.39, 0.29) is 0 Å². The lowest BCUT2D eigenvalue weighted by Crippen LogP contribution is -2.25. The lowest BCUT2D eigenvalue weighted by atomic mass is 9.77. The fourth-order valence-corrected chi connectivity index (χ4v) is 2.63. The first-order chi connectivity index (χ1) is 9.20. The van der Waals surface area contributed by atoms with Gasteiger partial charge < -0.3 is 10.1 Å². The molecule has 1 aromatic rings. The van der Waals surface area contributed by atoms with Gasteiger partial charge in [-0.2, -0.15) is 0 Å². The predicted octanol–water partition coefficient (Wildman–Crippen LogP) is 4.64. The maximum atomic E-state index is 5.46. The van der Waals surface area contributed by atoms with Gasteiger partial charge in [0.2, 0.25) is 0 Å². The molecule has 0 bridgehead atoms. The van der Waals surface area contributed by atoms with Gasteiger partial charge in [-0.3, -0.25) is 0 Å². The molecule has 114 valence electrons. The Labute approximate surface area is 124 Å². The summed E-state index contributed by atoms with van der Waals surface area (Å²) < 4.78 is 5.46. The van der Waals surface area contributed by atoms with Crippen molar-refractivity contribution in [3.8, 4) is 5.75 Å². The van der Waals surface area contributed by atoms with Crippen LogP contribution in [0.1, 0.15) is 56.8 Å². The van der Waals surface area contributed by atoms with Crippen LogP contribution >= 0.6 is 0 Å². The van der Waals surface area contributed by atoms with Crippen LogP contribution in [-0.2, 0) is 0 Å². The van der Waals surface area contributed by atoms with Crippen LogP contribution < -0.4 is 10.1 Å². The molecule has 0 aliphatic rings. The van der Waals surface area contributed by atoms with E-state index in [0.717, 1.165) is 12.2 Å². The number of ether oxygens (including phenoxy) is 1. The van der Waals surface area contributed by atoms with Crippen LogP contribution in [0.5, 0.6) is 5.75 Å². The lowest BCUT2D eigenvalue weighted by Gasteiger charge is -2.31. The van der Waals surface area contributed by atoms with Crippen molar-refractivity contribution >= 4 is 0 Å². The number of hydrogen-bond donors (Lipinski definition) is 1. The van der Waals surface area contributed by atoms with Gasteiger partial charge in [0, 0.05) is 6.04 Å². The average Bonchev–Trinajstić information content (AvgIpc) is 2.33. The van der Waals surface area contributed by atoms with E-state index in [0.29, 0.717) is 17.4 Å². The van der Waals surface area contributed by atoms with E-state index in [2.05, 4.69) is 66.0 Å². The Kier molecular flexibility index (Phi) is 5.64. The minimum absolute atomic E-state index is 0.339. The van der Waals surface area contributed by atoms with E-state index in [1.54, 1.807) is 7.11 Å². The van der Waals surface area contributed by atoms with Gasteiger partial charge in [-0.25, -0.2) is 0 Å². The second-order valence-corrected chi connectivity index (χ2v) is 7.03. The van der Waals surface area contributed by atoms with Gasteiger partial charge in [-0.15, -0.1) is 0 Å². The zero-order valence-corrected chi connectivity index (χ0v) is 14.4. The Bertz CT molecular complexity index is 422. The molecule has 1 N–H and O–H groups in total. The number of hydrogen-bond acceptors (Lipinski definition) is 2. The van der Waals surface area contributed by atoms with E-state index >= 15 is 0 Å². The third kappa shape index (κ3) is 3.99. The highest BCUT2D eigenvalue weighted by Gasteiger charge is 2.24. The van der Waals surface area contributed by atoms with Gasteiger partial charge >= 0.3 is 0 Å². The van der Waals surface area contributed by atoms with E-state index in [9.17, 15) is 0 Å². The van der Waals surface area contributed by atoms with Crippen LogP contribution in [-0.4, -0.2) is 14.2 Å². The molecule has 2 heteroatoms. The summed E-state index contributed by atoms with van der Waals surface area (Å²) >= 11 is 0. The molecule has 0 aromatic heterocycles. The average molecular weight is 277 g/mol. The molecular weight excluding hydrogens is 246 g/mol. The van der Waals surface area contributed by atoms with Crippen molar-refractivity contribution in [2.75, 3.05) is 14.2 Å². The molecule has 2 atom stereocenters. The van der Waals surface area contributed by atoms with Crippen LogP contribution in [0, 0.1) is 25.2 Å². The zero-order chi connectivity index (χ0) is 15.5. The molecule has 0 radical (unpaired) electrons. The van der Waals surface area contributed by atoms with Gasteiger partial charge in [-0.05, 0) is 55.3 Å². The smallest absolute Gasteiger partial charge is 0.124 e. The molecule has 1 rings (SSSR count). The summed E-state index contributed by atoms with van der Waals surface area (Å²) in [6, 6.07) is 4.90. The summed E-state index contributed by atoms with van der Waals surface area (Å²) in [6.07, 6.45) is 1.14. The highest BCUT2D eigenvalue weighted by atomic mass is 16.5. The van der Waals surface area contributed by atoms with Gasteiger partial charge in [0.25, 0.3) is 0 Å². The molecule has 0 aliphatic carbocycles. The van der Waals surface area contributed by atoms with E-state index < -0.39 is 0 Å². The fraction of sp³-hybridized carbons (Fsp3) is 0.667. The third-order valence-corrected chi connectivity index (χ3v) is 4.51. The van der Waals surface area contributed by atoms with Gasteiger partial charge in [-0.1, -0.05) is 39.8 Å². The second kappa shape index (κ2) is 6.62. The summed E-state index contributed by atoms with van der Waals surface area (Å²) in [5.41, 5.74) is 4.13. The summed E-state index contributed by atoms with van der Waals surface area (Å²) in [4.78, 5) is 0. The Morgan fingerprint density at radius 1 is 1.15 bits per heavy atom. The standard InChI is InChI=1S/C18H31NO/c1-12-9-15(10-13(2)17(12)20-8)16(19-7)11-14(3)18(4,5)6/h9-10,14,16,19H,11H2,1-8H3. The van der Waals surface area contributed by atoms with Gasteiger partial charge in [0.05, 0.1) is 7.11 Å². The van der Waals surface area contributed by atoms with Crippen molar-refractivity contribution in [3.05, 3.63) is 28.8 Å². The number of benzene rings is 1. The molecule has 0 spiro atoms. The molecule has 0 fully saturated rings. The number of aryl methyl sites for hydroxylation is 2. The van der Waals surface area contributed by atoms with Crippen LogP contribution in [0.2, 0.25) is 0 Å². The maximum Gasteiger partial charge on any atom is 0.124 e. The zero-order valence-electron chi connectivity index (χ0n) is 14.4. The molecule has 0 aliphatic heterocycles. The summed E-state index contributed by atoms with van der Waals surface area (Å²) in [6.45, 7) is 13.5. The van der Waals surface area contributed by atoms with E-state index in [4.69, 9.17) is 4.74 Å². The molecule has 1 aromatic carbocycles. The molecule has 0 amide bonds. The normalized spacial score (nSPS) is 15.0. The largest absolute Gasteiger partial charge is 0.496 e. The first-order valence-corrected chi connectivity index (χ1v) is 7.53. The minimum Gasteiger partial charge on any atom is -0.496 e. The molecule has 0 heterocycles. The molecule has 0 saturated carbocycles. The van der Waals surface area contributed by atoms with Gasteiger partial charge in [0.1, 0.15) is 5.75 Å². The minimum atomic E-state index is 0.339. The first kappa shape index (κ1) is 17.0. The SMILES string of the molecule is CNC(CC(C)C(C)(C)C)c1cc(C)c(OC)c(C)c1. The second-order valence-electron chi connectivity index (χ2n) is 7.03. The van der Waals surface area contributed by atoms with Crippen molar-refractivity contribution in [2.24, 2.45) is 11.3 Å². The molecule has 0 saturated heterocycles. The Morgan fingerprint density at radius 3 is 2.00 bits per heavy atom. The van der Waals surface area contributed by atoms with Crippen LogP contribution in [0.3, 0.4) is 0 Å². The van der Waals surface area contributed by atoms with Crippen molar-refractivity contribution in [1.82, 2.24) is 5.32 Å².